The fourth-order valence-electron chi connectivity index (χ4n) is 3.22. The maximum Gasteiger partial charge on any atom is -0.0414 e. The second kappa shape index (κ2) is 11.1. The lowest BCUT2D eigenvalue weighted by Gasteiger charge is -2.18. The zero-order valence-corrected chi connectivity index (χ0v) is 12.2. The summed E-state index contributed by atoms with van der Waals surface area (Å²) < 4.78 is 0. The number of hydrogen-bond donors (Lipinski definition) is 0. The molecule has 0 spiro atoms. The van der Waals surface area contributed by atoms with Gasteiger partial charge in [0, 0.05) is 0 Å². The molecule has 0 aromatic carbocycles. The molecule has 1 fully saturated rings. The van der Waals surface area contributed by atoms with Gasteiger partial charge in [0.05, 0.1) is 0 Å². The highest BCUT2D eigenvalue weighted by atomic mass is 14.2. The molecular weight excluding hydrogens is 204 g/mol. The molecule has 0 unspecified atom stereocenters. The second-order valence-electron chi connectivity index (χ2n) is 6.12. The summed E-state index contributed by atoms with van der Waals surface area (Å²) in [5.74, 6) is 1.08. The molecule has 0 N–H and O–H groups in total. The number of rotatable bonds is 6. The minimum atomic E-state index is 1.08. The van der Waals surface area contributed by atoms with E-state index >= 15 is 0 Å². The van der Waals surface area contributed by atoms with Gasteiger partial charge in [0.25, 0.3) is 0 Å². The van der Waals surface area contributed by atoms with Crippen LogP contribution in [0.25, 0.3) is 0 Å². The lowest BCUT2D eigenvalue weighted by atomic mass is 9.88. The van der Waals surface area contributed by atoms with Gasteiger partial charge in [0.15, 0.2) is 0 Å². The average molecular weight is 238 g/mol. The lowest BCUT2D eigenvalue weighted by Crippen LogP contribution is -2.02. The molecule has 1 rings (SSSR count). The molecule has 0 saturated heterocycles. The molecule has 0 bridgehead atoms. The van der Waals surface area contributed by atoms with E-state index in [0.29, 0.717) is 0 Å². The van der Waals surface area contributed by atoms with E-state index in [2.05, 4.69) is 6.92 Å². The van der Waals surface area contributed by atoms with E-state index < -0.39 is 0 Å². The van der Waals surface area contributed by atoms with Crippen LogP contribution in [-0.4, -0.2) is 0 Å². The molecule has 0 radical (unpaired) electrons. The van der Waals surface area contributed by atoms with Crippen LogP contribution < -0.4 is 0 Å². The standard InChI is InChI=1S/C17H34/c1-2-3-4-8-11-14-17-15-12-9-6-5-7-10-13-16-17/h17H,2-16H2,1H3. The van der Waals surface area contributed by atoms with Gasteiger partial charge in [-0.2, -0.15) is 0 Å². The molecule has 0 atom stereocenters. The van der Waals surface area contributed by atoms with Crippen LogP contribution in [0.2, 0.25) is 0 Å². The average Bonchev–Trinajstić information content (AvgIpc) is 2.36. The van der Waals surface area contributed by atoms with E-state index in [0.717, 1.165) is 5.92 Å². The smallest absolute Gasteiger partial charge is 0.0414 e. The Balaban J connectivity index is 2.05. The Labute approximate surface area is 110 Å². The van der Waals surface area contributed by atoms with Gasteiger partial charge in [-0.25, -0.2) is 0 Å². The summed E-state index contributed by atoms with van der Waals surface area (Å²) in [6, 6.07) is 0. The first-order valence-electron chi connectivity index (χ1n) is 8.43. The Morgan fingerprint density at radius 1 is 0.647 bits per heavy atom. The number of hydrogen-bond acceptors (Lipinski definition) is 0. The van der Waals surface area contributed by atoms with Crippen molar-refractivity contribution in [3.8, 4) is 0 Å². The van der Waals surface area contributed by atoms with Crippen LogP contribution in [0.4, 0.5) is 0 Å². The first kappa shape index (κ1) is 15.1. The molecule has 0 heteroatoms. The molecule has 17 heavy (non-hydrogen) atoms. The van der Waals surface area contributed by atoms with Crippen molar-refractivity contribution in [2.75, 3.05) is 0 Å². The van der Waals surface area contributed by atoms with Gasteiger partial charge in [0.1, 0.15) is 0 Å². The Morgan fingerprint density at radius 2 is 1.18 bits per heavy atom. The third-order valence-electron chi connectivity index (χ3n) is 4.44. The van der Waals surface area contributed by atoms with Crippen molar-refractivity contribution in [1.82, 2.24) is 0 Å². The minimum Gasteiger partial charge on any atom is -0.0654 e. The quantitative estimate of drug-likeness (QED) is 0.464. The minimum absolute atomic E-state index is 1.08. The van der Waals surface area contributed by atoms with Crippen molar-refractivity contribution in [1.29, 1.82) is 0 Å². The van der Waals surface area contributed by atoms with E-state index in [-0.39, 0.29) is 0 Å². The van der Waals surface area contributed by atoms with Crippen molar-refractivity contribution < 1.29 is 0 Å². The van der Waals surface area contributed by atoms with Gasteiger partial charge in [0.2, 0.25) is 0 Å². The summed E-state index contributed by atoms with van der Waals surface area (Å²) in [6.45, 7) is 2.31. The predicted molar refractivity (Wildman–Crippen MR) is 78.4 cm³/mol. The molecule has 0 amide bonds. The SMILES string of the molecule is CCCCCCCC1CCCCCCCCC1. The van der Waals surface area contributed by atoms with Crippen molar-refractivity contribution in [2.24, 2.45) is 5.92 Å². The predicted octanol–water partition coefficient (Wildman–Crippen LogP) is 6.49. The van der Waals surface area contributed by atoms with Gasteiger partial charge in [-0.15, -0.1) is 0 Å². The van der Waals surface area contributed by atoms with Crippen molar-refractivity contribution in [2.45, 2.75) is 103 Å². The fourth-order valence-corrected chi connectivity index (χ4v) is 3.22. The summed E-state index contributed by atoms with van der Waals surface area (Å²) >= 11 is 0. The molecule has 0 aromatic heterocycles. The monoisotopic (exact) mass is 238 g/mol. The molecule has 0 aromatic rings. The van der Waals surface area contributed by atoms with Gasteiger partial charge in [-0.05, 0) is 5.92 Å². The summed E-state index contributed by atoms with van der Waals surface area (Å²) in [5, 5.41) is 0. The lowest BCUT2D eigenvalue weighted by molar-refractivity contribution is 0.356. The first-order valence-corrected chi connectivity index (χ1v) is 8.43. The van der Waals surface area contributed by atoms with E-state index in [1.807, 2.05) is 0 Å². The molecular formula is C17H34. The van der Waals surface area contributed by atoms with Crippen molar-refractivity contribution in [3.05, 3.63) is 0 Å². The van der Waals surface area contributed by atoms with Crippen LogP contribution >= 0.6 is 0 Å². The molecule has 0 heterocycles. The summed E-state index contributed by atoms with van der Waals surface area (Å²) in [5.41, 5.74) is 0. The van der Waals surface area contributed by atoms with Crippen LogP contribution in [-0.2, 0) is 0 Å². The zero-order chi connectivity index (χ0) is 12.2. The van der Waals surface area contributed by atoms with Gasteiger partial charge in [-0.3, -0.25) is 0 Å². The van der Waals surface area contributed by atoms with Crippen LogP contribution in [0.1, 0.15) is 103 Å². The Kier molecular flexibility index (Phi) is 9.84. The maximum atomic E-state index is 2.31. The largest absolute Gasteiger partial charge is 0.0654 e. The first-order chi connectivity index (χ1) is 8.43. The molecule has 0 nitrogen and oxygen atoms in total. The molecule has 1 aliphatic rings. The second-order valence-corrected chi connectivity index (χ2v) is 6.12. The van der Waals surface area contributed by atoms with Crippen LogP contribution in [0.15, 0.2) is 0 Å². The van der Waals surface area contributed by atoms with Crippen LogP contribution in [0.5, 0.6) is 0 Å². The highest BCUT2D eigenvalue weighted by Gasteiger charge is 2.09. The van der Waals surface area contributed by atoms with Crippen LogP contribution in [0, 0.1) is 5.92 Å². The molecule has 1 saturated carbocycles. The third kappa shape index (κ3) is 8.69. The molecule has 102 valence electrons. The normalized spacial score (nSPS) is 20.3. The summed E-state index contributed by atoms with van der Waals surface area (Å²) in [6.07, 6.45) is 22.4. The van der Waals surface area contributed by atoms with Crippen molar-refractivity contribution >= 4 is 0 Å². The maximum absolute atomic E-state index is 2.31. The topological polar surface area (TPSA) is 0 Å². The van der Waals surface area contributed by atoms with E-state index in [1.54, 1.807) is 0 Å². The van der Waals surface area contributed by atoms with E-state index in [1.165, 1.54) is 96.3 Å². The third-order valence-corrected chi connectivity index (χ3v) is 4.44. The van der Waals surface area contributed by atoms with Gasteiger partial charge in [-0.1, -0.05) is 103 Å². The Bertz CT molecular complexity index is 140. The van der Waals surface area contributed by atoms with E-state index in [4.69, 9.17) is 0 Å². The molecule has 0 aliphatic heterocycles. The highest BCUT2D eigenvalue weighted by molar-refractivity contribution is 4.63. The Morgan fingerprint density at radius 3 is 1.76 bits per heavy atom. The summed E-state index contributed by atoms with van der Waals surface area (Å²) in [7, 11) is 0. The van der Waals surface area contributed by atoms with Crippen LogP contribution in [0.3, 0.4) is 0 Å². The number of unbranched alkanes of at least 4 members (excludes halogenated alkanes) is 4. The highest BCUT2D eigenvalue weighted by Crippen LogP contribution is 2.25. The van der Waals surface area contributed by atoms with Gasteiger partial charge < -0.3 is 0 Å². The molecule has 1 aliphatic carbocycles. The Hall–Kier alpha value is 0. The van der Waals surface area contributed by atoms with Gasteiger partial charge >= 0.3 is 0 Å². The fraction of sp³-hybridized carbons (Fsp3) is 1.00. The zero-order valence-electron chi connectivity index (χ0n) is 12.2. The summed E-state index contributed by atoms with van der Waals surface area (Å²) in [4.78, 5) is 0. The van der Waals surface area contributed by atoms with E-state index in [9.17, 15) is 0 Å². The van der Waals surface area contributed by atoms with Crippen molar-refractivity contribution in [3.63, 3.8) is 0 Å².